The predicted molar refractivity (Wildman–Crippen MR) is 318 cm³/mol. The van der Waals surface area contributed by atoms with Crippen LogP contribution in [-0.2, 0) is 10.8 Å². The molecule has 1 heterocycles. The summed E-state index contributed by atoms with van der Waals surface area (Å²) >= 11 is 0. The number of hydrogen-bond acceptors (Lipinski definition) is 1. The van der Waals surface area contributed by atoms with Gasteiger partial charge in [0.1, 0.15) is 0 Å². The molecular formula is C72H58N2. The first-order chi connectivity index (χ1) is 36.0. The molecule has 0 saturated heterocycles. The topological polar surface area (TPSA) is 8.17 Å². The number of para-hydroxylation sites is 1. The molecule has 13 rings (SSSR count). The van der Waals surface area contributed by atoms with Crippen molar-refractivity contribution in [1.29, 1.82) is 0 Å². The molecular weight excluding hydrogens is 893 g/mol. The van der Waals surface area contributed by atoms with Gasteiger partial charge >= 0.3 is 0 Å². The number of rotatable bonds is 8. The molecule has 0 aliphatic heterocycles. The minimum atomic E-state index is 0.0192. The van der Waals surface area contributed by atoms with E-state index in [-0.39, 0.29) is 10.8 Å². The Kier molecular flexibility index (Phi) is 10.7. The summed E-state index contributed by atoms with van der Waals surface area (Å²) in [5.74, 6) is 0. The van der Waals surface area contributed by atoms with Gasteiger partial charge in [0, 0.05) is 32.8 Å². The number of fused-ring (bicyclic) bond motifs is 3. The number of hydrogen-bond donors (Lipinski definition) is 0. The maximum absolute atomic E-state index is 2.53. The smallest absolute Gasteiger partial charge is 0.0541 e. The molecule has 74 heavy (non-hydrogen) atoms. The van der Waals surface area contributed by atoms with Crippen LogP contribution >= 0.6 is 0 Å². The first-order valence-corrected chi connectivity index (χ1v) is 26.1. The van der Waals surface area contributed by atoms with Crippen molar-refractivity contribution in [2.24, 2.45) is 0 Å². The molecule has 0 spiro atoms. The van der Waals surface area contributed by atoms with Gasteiger partial charge in [-0.2, -0.15) is 0 Å². The largest absolute Gasteiger partial charge is 0.309 e. The van der Waals surface area contributed by atoms with Gasteiger partial charge in [0.15, 0.2) is 0 Å². The Bertz CT molecular complexity index is 4170. The van der Waals surface area contributed by atoms with Crippen LogP contribution in [0.3, 0.4) is 0 Å². The second-order valence-corrected chi connectivity index (χ2v) is 22.1. The Morgan fingerprint density at radius 2 is 0.797 bits per heavy atom. The van der Waals surface area contributed by atoms with Crippen molar-refractivity contribution in [2.75, 3.05) is 4.90 Å². The summed E-state index contributed by atoms with van der Waals surface area (Å²) in [6.45, 7) is 13.9. The van der Waals surface area contributed by atoms with Gasteiger partial charge in [-0.3, -0.25) is 0 Å². The Morgan fingerprint density at radius 1 is 0.311 bits per heavy atom. The Hall–Kier alpha value is -8.72. The molecule has 0 radical (unpaired) electrons. The lowest BCUT2D eigenvalue weighted by Crippen LogP contribution is -2.12. The molecule has 0 aliphatic carbocycles. The van der Waals surface area contributed by atoms with Gasteiger partial charge in [0.25, 0.3) is 0 Å². The third-order valence-corrected chi connectivity index (χ3v) is 15.5. The highest BCUT2D eigenvalue weighted by atomic mass is 15.1. The molecule has 0 aliphatic rings. The standard InChI is InChI=1S/C72H58N2/c1-71(2,3)54-34-42-67-62(45-54)63-46-55(72(4,5)6)35-43-68(63)74(67)66-41-33-51-30-38-60-65(40-32-50-31-39-61(66)70(51)69(50)60)73(56-36-28-49(29-37-56)58-25-14-13-24-57(58)48-20-11-8-12-21-48)64-27-16-15-26-59(64)53-23-17-22-52(44-53)47-18-9-7-10-19-47/h7-46H,1-6H3. The van der Waals surface area contributed by atoms with Crippen molar-refractivity contribution < 1.29 is 0 Å². The highest BCUT2D eigenvalue weighted by molar-refractivity contribution is 6.27. The number of aromatic nitrogens is 1. The van der Waals surface area contributed by atoms with Crippen molar-refractivity contribution in [3.8, 4) is 50.2 Å². The van der Waals surface area contributed by atoms with E-state index in [4.69, 9.17) is 0 Å². The number of benzene rings is 12. The summed E-state index contributed by atoms with van der Waals surface area (Å²) in [7, 11) is 0. The minimum absolute atomic E-state index is 0.0192. The quantitative estimate of drug-likeness (QED) is 0.138. The minimum Gasteiger partial charge on any atom is -0.309 e. The number of nitrogens with zero attached hydrogens (tertiary/aromatic N) is 2. The molecule has 1 aromatic heterocycles. The molecule has 0 unspecified atom stereocenters. The fraction of sp³-hybridized carbons (Fsp3) is 0.111. The zero-order chi connectivity index (χ0) is 50.3. The molecule has 0 fully saturated rings. The predicted octanol–water partition coefficient (Wildman–Crippen LogP) is 20.4. The molecule has 0 amide bonds. The van der Waals surface area contributed by atoms with Crippen molar-refractivity contribution in [3.63, 3.8) is 0 Å². The second kappa shape index (κ2) is 17.5. The van der Waals surface area contributed by atoms with E-state index in [0.717, 1.165) is 28.2 Å². The van der Waals surface area contributed by atoms with Crippen LogP contribution in [-0.4, -0.2) is 4.57 Å². The lowest BCUT2D eigenvalue weighted by Gasteiger charge is -2.30. The molecule has 0 N–H and O–H groups in total. The Balaban J connectivity index is 1.03. The summed E-state index contributed by atoms with van der Waals surface area (Å²) in [4.78, 5) is 2.50. The fourth-order valence-corrected chi connectivity index (χ4v) is 11.6. The van der Waals surface area contributed by atoms with Crippen LogP contribution in [0.2, 0.25) is 0 Å². The molecule has 0 saturated carbocycles. The Labute approximate surface area is 434 Å². The van der Waals surface area contributed by atoms with E-state index in [9.17, 15) is 0 Å². The number of anilines is 3. The lowest BCUT2D eigenvalue weighted by molar-refractivity contribution is 0.590. The van der Waals surface area contributed by atoms with Crippen LogP contribution in [0.1, 0.15) is 52.7 Å². The van der Waals surface area contributed by atoms with Crippen molar-refractivity contribution >= 4 is 71.2 Å². The van der Waals surface area contributed by atoms with Crippen LogP contribution < -0.4 is 4.90 Å². The third kappa shape index (κ3) is 7.64. The summed E-state index contributed by atoms with van der Waals surface area (Å²) in [6.07, 6.45) is 0. The van der Waals surface area contributed by atoms with E-state index in [2.05, 4.69) is 294 Å². The summed E-state index contributed by atoms with van der Waals surface area (Å²) in [5.41, 5.74) is 19.2. The molecule has 356 valence electrons. The van der Waals surface area contributed by atoms with Crippen LogP contribution in [0.15, 0.2) is 243 Å². The monoisotopic (exact) mass is 950 g/mol. The average Bonchev–Trinajstić information content (AvgIpc) is 3.76. The Morgan fingerprint density at radius 3 is 1.42 bits per heavy atom. The van der Waals surface area contributed by atoms with E-state index in [1.165, 1.54) is 104 Å². The molecule has 12 aromatic carbocycles. The maximum atomic E-state index is 2.53. The van der Waals surface area contributed by atoms with Gasteiger partial charge in [-0.25, -0.2) is 0 Å². The maximum Gasteiger partial charge on any atom is 0.0541 e. The highest BCUT2D eigenvalue weighted by Crippen LogP contribution is 2.49. The normalized spacial score (nSPS) is 12.2. The summed E-state index contributed by atoms with van der Waals surface area (Å²) in [5, 5.41) is 10.0. The summed E-state index contributed by atoms with van der Waals surface area (Å²) in [6, 6.07) is 90.3. The summed E-state index contributed by atoms with van der Waals surface area (Å²) < 4.78 is 2.53. The van der Waals surface area contributed by atoms with E-state index >= 15 is 0 Å². The third-order valence-electron chi connectivity index (χ3n) is 15.5. The average molecular weight is 951 g/mol. The van der Waals surface area contributed by atoms with Crippen molar-refractivity contribution in [1.82, 2.24) is 4.57 Å². The van der Waals surface area contributed by atoms with Gasteiger partial charge in [-0.05, 0) is 143 Å². The molecule has 2 nitrogen and oxygen atoms in total. The van der Waals surface area contributed by atoms with E-state index in [1.807, 2.05) is 0 Å². The molecule has 0 bridgehead atoms. The van der Waals surface area contributed by atoms with E-state index in [0.29, 0.717) is 0 Å². The van der Waals surface area contributed by atoms with Crippen molar-refractivity contribution in [3.05, 3.63) is 254 Å². The lowest BCUT2D eigenvalue weighted by atomic mass is 9.85. The van der Waals surface area contributed by atoms with Crippen molar-refractivity contribution in [2.45, 2.75) is 52.4 Å². The molecule has 0 atom stereocenters. The zero-order valence-corrected chi connectivity index (χ0v) is 43.0. The van der Waals surface area contributed by atoms with Crippen LogP contribution in [0.25, 0.3) is 104 Å². The highest BCUT2D eigenvalue weighted by Gasteiger charge is 2.25. The zero-order valence-electron chi connectivity index (χ0n) is 43.0. The van der Waals surface area contributed by atoms with Gasteiger partial charge < -0.3 is 9.47 Å². The fourth-order valence-electron chi connectivity index (χ4n) is 11.6. The van der Waals surface area contributed by atoms with E-state index in [1.54, 1.807) is 0 Å². The molecule has 2 heteroatoms. The first-order valence-electron chi connectivity index (χ1n) is 26.1. The second-order valence-electron chi connectivity index (χ2n) is 22.1. The van der Waals surface area contributed by atoms with Crippen LogP contribution in [0.4, 0.5) is 17.1 Å². The van der Waals surface area contributed by atoms with Crippen LogP contribution in [0.5, 0.6) is 0 Å². The molecule has 13 aromatic rings. The van der Waals surface area contributed by atoms with Gasteiger partial charge in [-0.15, -0.1) is 0 Å². The van der Waals surface area contributed by atoms with Gasteiger partial charge in [0.05, 0.1) is 28.1 Å². The van der Waals surface area contributed by atoms with Crippen LogP contribution in [0, 0.1) is 0 Å². The van der Waals surface area contributed by atoms with Gasteiger partial charge in [-0.1, -0.05) is 224 Å². The SMILES string of the molecule is CC(C)(C)c1ccc2c(c1)c1cc(C(C)(C)C)ccc1n2-c1ccc2ccc3c(N(c4ccc(-c5ccccc5-c5ccccc5)cc4)c4ccccc4-c4cccc(-c5ccccc5)c4)ccc4ccc1c2c43. The van der Waals surface area contributed by atoms with E-state index < -0.39 is 0 Å². The van der Waals surface area contributed by atoms with Gasteiger partial charge in [0.2, 0.25) is 0 Å². The first kappa shape index (κ1) is 45.2.